The Kier molecular flexibility index (Phi) is 3.45. The molecule has 1 aromatic carbocycles. The minimum Gasteiger partial charge on any atom is -0.487 e. The third-order valence-corrected chi connectivity index (χ3v) is 5.78. The number of para-hydroxylation sites is 1. The van der Waals surface area contributed by atoms with Gasteiger partial charge in [-0.2, -0.15) is 0 Å². The Hall–Kier alpha value is -1.02. The lowest BCUT2D eigenvalue weighted by atomic mass is 9.71. The molecule has 1 N–H and O–H groups in total. The van der Waals surface area contributed by atoms with Crippen LogP contribution in [-0.2, 0) is 0 Å². The van der Waals surface area contributed by atoms with Crippen LogP contribution in [-0.4, -0.2) is 12.1 Å². The van der Waals surface area contributed by atoms with E-state index < -0.39 is 0 Å². The van der Waals surface area contributed by atoms with Crippen LogP contribution in [0.4, 0.5) is 0 Å². The van der Waals surface area contributed by atoms with Crippen molar-refractivity contribution < 1.29 is 4.74 Å². The first kappa shape index (κ1) is 13.6. The van der Waals surface area contributed by atoms with E-state index in [0.717, 1.165) is 30.6 Å². The summed E-state index contributed by atoms with van der Waals surface area (Å²) in [4.78, 5) is 0. The van der Waals surface area contributed by atoms with Gasteiger partial charge < -0.3 is 10.1 Å². The molecule has 4 rings (SSSR count). The molecule has 1 aliphatic heterocycles. The monoisotopic (exact) mass is 285 g/mol. The quantitative estimate of drug-likeness (QED) is 0.885. The normalized spacial score (nSPS) is 35.3. The van der Waals surface area contributed by atoms with E-state index in [1.165, 1.54) is 44.1 Å². The van der Waals surface area contributed by atoms with Gasteiger partial charge in [0.1, 0.15) is 11.4 Å². The van der Waals surface area contributed by atoms with Crippen LogP contribution >= 0.6 is 0 Å². The molecular formula is C19H27NO. The van der Waals surface area contributed by atoms with Gasteiger partial charge in [0.25, 0.3) is 0 Å². The molecule has 3 aliphatic rings. The number of rotatable bonds is 3. The highest BCUT2D eigenvalue weighted by Crippen LogP contribution is 2.52. The van der Waals surface area contributed by atoms with Crippen LogP contribution in [0.5, 0.6) is 5.75 Å². The minimum atomic E-state index is 0.104. The fourth-order valence-corrected chi connectivity index (χ4v) is 4.66. The van der Waals surface area contributed by atoms with E-state index in [4.69, 9.17) is 4.74 Å². The van der Waals surface area contributed by atoms with Crippen LogP contribution in [0.1, 0.15) is 63.5 Å². The first-order valence-electron chi connectivity index (χ1n) is 8.81. The SMILES string of the molecule is CCNC1CC2(CCCC(C3CC3)C2)Oc2ccccc21. The van der Waals surface area contributed by atoms with Crippen molar-refractivity contribution in [1.29, 1.82) is 0 Å². The Morgan fingerprint density at radius 3 is 2.81 bits per heavy atom. The summed E-state index contributed by atoms with van der Waals surface area (Å²) < 4.78 is 6.61. The standard InChI is InChI=1S/C19H27NO/c1-2-20-17-13-19(21-18-8-4-3-7-16(17)18)11-5-6-15(12-19)14-9-10-14/h3-4,7-8,14-15,17,20H,2,5-6,9-13H2,1H3. The van der Waals surface area contributed by atoms with E-state index in [2.05, 4.69) is 36.5 Å². The second-order valence-electron chi connectivity index (χ2n) is 7.33. The van der Waals surface area contributed by atoms with Crippen molar-refractivity contribution in [2.24, 2.45) is 11.8 Å². The number of fused-ring (bicyclic) bond motifs is 1. The highest BCUT2D eigenvalue weighted by Gasteiger charge is 2.47. The van der Waals surface area contributed by atoms with Gasteiger partial charge in [-0.25, -0.2) is 0 Å². The second-order valence-corrected chi connectivity index (χ2v) is 7.33. The molecule has 2 nitrogen and oxygen atoms in total. The van der Waals surface area contributed by atoms with Crippen LogP contribution in [0.3, 0.4) is 0 Å². The lowest BCUT2D eigenvalue weighted by Crippen LogP contribution is -2.47. The molecule has 2 saturated carbocycles. The third kappa shape index (κ3) is 2.59. The summed E-state index contributed by atoms with van der Waals surface area (Å²) in [5.74, 6) is 3.07. The van der Waals surface area contributed by atoms with Gasteiger partial charge >= 0.3 is 0 Å². The predicted octanol–water partition coefficient (Wildman–Crippen LogP) is 4.46. The number of hydrogen-bond acceptors (Lipinski definition) is 2. The molecule has 2 aliphatic carbocycles. The van der Waals surface area contributed by atoms with Crippen LogP contribution < -0.4 is 10.1 Å². The van der Waals surface area contributed by atoms with Gasteiger partial charge in [-0.05, 0) is 63.0 Å². The Balaban J connectivity index is 1.61. The molecule has 3 atom stereocenters. The molecule has 21 heavy (non-hydrogen) atoms. The summed E-state index contributed by atoms with van der Waals surface area (Å²) in [6.07, 6.45) is 9.40. The van der Waals surface area contributed by atoms with Gasteiger partial charge in [0.15, 0.2) is 0 Å². The molecule has 0 radical (unpaired) electrons. The van der Waals surface area contributed by atoms with Gasteiger partial charge in [-0.15, -0.1) is 0 Å². The second kappa shape index (κ2) is 5.31. The fourth-order valence-electron chi connectivity index (χ4n) is 4.66. The first-order chi connectivity index (χ1) is 10.3. The average molecular weight is 285 g/mol. The lowest BCUT2D eigenvalue weighted by molar-refractivity contribution is -0.0244. The summed E-state index contributed by atoms with van der Waals surface area (Å²) in [6, 6.07) is 9.12. The smallest absolute Gasteiger partial charge is 0.124 e. The molecule has 114 valence electrons. The van der Waals surface area contributed by atoms with Gasteiger partial charge in [-0.3, -0.25) is 0 Å². The maximum atomic E-state index is 6.61. The fraction of sp³-hybridized carbons (Fsp3) is 0.684. The highest BCUT2D eigenvalue weighted by molar-refractivity contribution is 5.39. The van der Waals surface area contributed by atoms with Crippen molar-refractivity contribution in [3.8, 4) is 5.75 Å². The van der Waals surface area contributed by atoms with Crippen LogP contribution in [0.15, 0.2) is 24.3 Å². The zero-order valence-corrected chi connectivity index (χ0v) is 13.1. The van der Waals surface area contributed by atoms with E-state index in [-0.39, 0.29) is 5.60 Å². The maximum Gasteiger partial charge on any atom is 0.124 e. The molecule has 3 unspecified atom stereocenters. The molecule has 2 fully saturated rings. The number of ether oxygens (including phenoxy) is 1. The summed E-state index contributed by atoms with van der Waals surface area (Å²) in [5.41, 5.74) is 1.46. The molecule has 0 amide bonds. The van der Waals surface area contributed by atoms with Crippen molar-refractivity contribution >= 4 is 0 Å². The van der Waals surface area contributed by atoms with Crippen molar-refractivity contribution in [3.63, 3.8) is 0 Å². The molecule has 2 heteroatoms. The van der Waals surface area contributed by atoms with E-state index in [0.29, 0.717) is 6.04 Å². The van der Waals surface area contributed by atoms with E-state index >= 15 is 0 Å². The number of nitrogens with one attached hydrogen (secondary N) is 1. The zero-order chi connectivity index (χ0) is 14.3. The van der Waals surface area contributed by atoms with Crippen LogP contribution in [0.25, 0.3) is 0 Å². The van der Waals surface area contributed by atoms with Crippen LogP contribution in [0, 0.1) is 11.8 Å². The Labute approximate surface area is 128 Å². The Bertz CT molecular complexity index is 510. The lowest BCUT2D eigenvalue weighted by Gasteiger charge is -2.47. The van der Waals surface area contributed by atoms with Gasteiger partial charge in [0.2, 0.25) is 0 Å². The van der Waals surface area contributed by atoms with Gasteiger partial charge in [0, 0.05) is 18.0 Å². The topological polar surface area (TPSA) is 21.3 Å². The molecular weight excluding hydrogens is 258 g/mol. The maximum absolute atomic E-state index is 6.61. The molecule has 0 saturated heterocycles. The summed E-state index contributed by atoms with van der Waals surface area (Å²) in [6.45, 7) is 3.24. The van der Waals surface area contributed by atoms with Crippen molar-refractivity contribution in [1.82, 2.24) is 5.32 Å². The van der Waals surface area contributed by atoms with E-state index in [1.807, 2.05) is 0 Å². The molecule has 0 bridgehead atoms. The molecule has 1 aromatic rings. The largest absolute Gasteiger partial charge is 0.487 e. The highest BCUT2D eigenvalue weighted by atomic mass is 16.5. The van der Waals surface area contributed by atoms with Crippen molar-refractivity contribution in [2.45, 2.75) is 63.5 Å². The number of hydrogen-bond donors (Lipinski definition) is 1. The summed E-state index contributed by atoms with van der Waals surface area (Å²) >= 11 is 0. The summed E-state index contributed by atoms with van der Waals surface area (Å²) in [7, 11) is 0. The van der Waals surface area contributed by atoms with Crippen molar-refractivity contribution in [3.05, 3.63) is 29.8 Å². The van der Waals surface area contributed by atoms with Gasteiger partial charge in [0.05, 0.1) is 0 Å². The average Bonchev–Trinajstić information content (AvgIpc) is 3.32. The number of benzene rings is 1. The minimum absolute atomic E-state index is 0.104. The Morgan fingerprint density at radius 2 is 2.00 bits per heavy atom. The Morgan fingerprint density at radius 1 is 1.14 bits per heavy atom. The van der Waals surface area contributed by atoms with Crippen molar-refractivity contribution in [2.75, 3.05) is 6.54 Å². The summed E-state index contributed by atoms with van der Waals surface area (Å²) in [5, 5.41) is 3.69. The van der Waals surface area contributed by atoms with Crippen LogP contribution in [0.2, 0.25) is 0 Å². The molecule has 1 spiro atoms. The third-order valence-electron chi connectivity index (χ3n) is 5.78. The molecule has 0 aromatic heterocycles. The van der Waals surface area contributed by atoms with E-state index in [9.17, 15) is 0 Å². The zero-order valence-electron chi connectivity index (χ0n) is 13.1. The first-order valence-corrected chi connectivity index (χ1v) is 8.81. The van der Waals surface area contributed by atoms with Gasteiger partial charge in [-0.1, -0.05) is 25.1 Å². The van der Waals surface area contributed by atoms with E-state index in [1.54, 1.807) is 0 Å². The predicted molar refractivity (Wildman–Crippen MR) is 85.5 cm³/mol. The molecule has 1 heterocycles.